The zero-order valence-corrected chi connectivity index (χ0v) is 12.5. The second-order valence-electron chi connectivity index (χ2n) is 4.30. The lowest BCUT2D eigenvalue weighted by Crippen LogP contribution is -2.50. The minimum atomic E-state index is -0.708. The SMILES string of the molecule is CSCCC(NC(=O)C(N)CCCN=C(N)N)C(N)=O. The molecule has 0 fully saturated rings. The number of nitrogens with zero attached hydrogens (tertiary/aromatic N) is 1. The monoisotopic (exact) mass is 304 g/mol. The molecule has 0 bridgehead atoms. The lowest BCUT2D eigenvalue weighted by molar-refractivity contribution is -0.128. The van der Waals surface area contributed by atoms with Crippen molar-refractivity contribution in [2.75, 3.05) is 18.6 Å². The molecule has 0 rings (SSSR count). The summed E-state index contributed by atoms with van der Waals surface area (Å²) in [4.78, 5) is 26.8. The Morgan fingerprint density at radius 1 is 1.25 bits per heavy atom. The lowest BCUT2D eigenvalue weighted by Gasteiger charge is -2.18. The zero-order valence-electron chi connectivity index (χ0n) is 11.7. The van der Waals surface area contributed by atoms with Crippen LogP contribution in [-0.4, -0.2) is 48.4 Å². The molecule has 0 aliphatic rings. The Morgan fingerprint density at radius 2 is 1.90 bits per heavy atom. The van der Waals surface area contributed by atoms with Gasteiger partial charge in [0, 0.05) is 6.54 Å². The molecule has 0 aromatic rings. The van der Waals surface area contributed by atoms with Gasteiger partial charge in [-0.15, -0.1) is 0 Å². The average Bonchev–Trinajstić information content (AvgIpc) is 2.38. The first kappa shape index (κ1) is 18.5. The van der Waals surface area contributed by atoms with Crippen LogP contribution >= 0.6 is 11.8 Å². The van der Waals surface area contributed by atoms with Crippen LogP contribution in [0.3, 0.4) is 0 Å². The third kappa shape index (κ3) is 8.59. The number of rotatable bonds is 10. The van der Waals surface area contributed by atoms with Crippen molar-refractivity contribution < 1.29 is 9.59 Å². The van der Waals surface area contributed by atoms with Crippen LogP contribution in [0.5, 0.6) is 0 Å². The molecule has 8 nitrogen and oxygen atoms in total. The van der Waals surface area contributed by atoms with Crippen LogP contribution in [-0.2, 0) is 9.59 Å². The number of primary amides is 1. The molecule has 0 aromatic heterocycles. The van der Waals surface area contributed by atoms with E-state index in [-0.39, 0.29) is 11.9 Å². The number of nitrogens with two attached hydrogens (primary N) is 4. The molecule has 2 amide bonds. The van der Waals surface area contributed by atoms with Crippen LogP contribution in [0.4, 0.5) is 0 Å². The number of thioether (sulfide) groups is 1. The Morgan fingerprint density at radius 3 is 2.40 bits per heavy atom. The van der Waals surface area contributed by atoms with Gasteiger partial charge in [-0.05, 0) is 31.3 Å². The molecule has 0 radical (unpaired) electrons. The maximum atomic E-state index is 11.8. The normalized spacial score (nSPS) is 13.3. The van der Waals surface area contributed by atoms with Gasteiger partial charge in [0.25, 0.3) is 0 Å². The highest BCUT2D eigenvalue weighted by atomic mass is 32.2. The van der Waals surface area contributed by atoms with E-state index in [0.717, 1.165) is 5.75 Å². The summed E-state index contributed by atoms with van der Waals surface area (Å²) in [5, 5.41) is 2.56. The molecule has 0 saturated carbocycles. The lowest BCUT2D eigenvalue weighted by atomic mass is 10.1. The fraction of sp³-hybridized carbons (Fsp3) is 0.727. The Balaban J connectivity index is 4.14. The van der Waals surface area contributed by atoms with Gasteiger partial charge in [0.05, 0.1) is 6.04 Å². The van der Waals surface area contributed by atoms with Crippen molar-refractivity contribution in [3.8, 4) is 0 Å². The molecule has 2 atom stereocenters. The van der Waals surface area contributed by atoms with Crippen LogP contribution in [0, 0.1) is 0 Å². The number of carbonyl (C=O) groups excluding carboxylic acids is 2. The molecule has 9 heteroatoms. The summed E-state index contributed by atoms with van der Waals surface area (Å²) >= 11 is 1.57. The van der Waals surface area contributed by atoms with Gasteiger partial charge in [0.2, 0.25) is 11.8 Å². The highest BCUT2D eigenvalue weighted by Gasteiger charge is 2.21. The largest absolute Gasteiger partial charge is 0.370 e. The van der Waals surface area contributed by atoms with Crippen LogP contribution in [0.15, 0.2) is 4.99 Å². The molecule has 2 unspecified atom stereocenters. The third-order valence-corrected chi connectivity index (χ3v) is 3.22. The summed E-state index contributed by atoms with van der Waals surface area (Å²) in [7, 11) is 0. The van der Waals surface area contributed by atoms with E-state index < -0.39 is 18.0 Å². The second-order valence-corrected chi connectivity index (χ2v) is 5.29. The van der Waals surface area contributed by atoms with Gasteiger partial charge in [-0.25, -0.2) is 0 Å². The minimum Gasteiger partial charge on any atom is -0.370 e. The molecule has 0 saturated heterocycles. The van der Waals surface area contributed by atoms with E-state index in [2.05, 4.69) is 10.3 Å². The van der Waals surface area contributed by atoms with Crippen molar-refractivity contribution in [2.24, 2.45) is 27.9 Å². The first-order valence-corrected chi connectivity index (χ1v) is 7.67. The Bertz CT molecular complexity index is 346. The number of carbonyl (C=O) groups is 2. The van der Waals surface area contributed by atoms with Gasteiger partial charge in [-0.2, -0.15) is 11.8 Å². The number of nitrogens with one attached hydrogen (secondary N) is 1. The molecule has 0 heterocycles. The fourth-order valence-electron chi connectivity index (χ4n) is 1.45. The summed E-state index contributed by atoms with van der Waals surface area (Å²) in [5.74, 6) is -0.207. The fourth-order valence-corrected chi connectivity index (χ4v) is 1.92. The molecule has 9 N–H and O–H groups in total. The predicted octanol–water partition coefficient (Wildman–Crippen LogP) is -1.91. The number of hydrogen-bond donors (Lipinski definition) is 5. The Labute approximate surface area is 123 Å². The predicted molar refractivity (Wildman–Crippen MR) is 82.0 cm³/mol. The van der Waals surface area contributed by atoms with Gasteiger partial charge in [0.1, 0.15) is 6.04 Å². The summed E-state index contributed by atoms with van der Waals surface area (Å²) in [6.07, 6.45) is 3.41. The average molecular weight is 304 g/mol. The van der Waals surface area contributed by atoms with Crippen molar-refractivity contribution in [3.63, 3.8) is 0 Å². The topological polar surface area (TPSA) is 163 Å². The standard InChI is InChI=1S/C11H24N6O2S/c1-20-6-4-8(9(13)18)17-10(19)7(12)3-2-5-16-11(14)15/h7-8H,2-6,12H2,1H3,(H2,13,18)(H,17,19)(H4,14,15,16). The van der Waals surface area contributed by atoms with Crippen LogP contribution < -0.4 is 28.3 Å². The maximum Gasteiger partial charge on any atom is 0.240 e. The minimum absolute atomic E-state index is 0.00822. The Hall–Kier alpha value is -1.48. The molecular weight excluding hydrogens is 280 g/mol. The highest BCUT2D eigenvalue weighted by molar-refractivity contribution is 7.98. The maximum absolute atomic E-state index is 11.8. The van der Waals surface area contributed by atoms with Crippen molar-refractivity contribution >= 4 is 29.5 Å². The van der Waals surface area contributed by atoms with E-state index >= 15 is 0 Å². The summed E-state index contributed by atoms with van der Waals surface area (Å²) in [5.41, 5.74) is 21.3. The summed E-state index contributed by atoms with van der Waals surface area (Å²) in [6, 6.07) is -1.39. The van der Waals surface area contributed by atoms with Gasteiger partial charge < -0.3 is 28.3 Å². The van der Waals surface area contributed by atoms with E-state index in [4.69, 9.17) is 22.9 Å². The van der Waals surface area contributed by atoms with Gasteiger partial charge in [-0.3, -0.25) is 14.6 Å². The van der Waals surface area contributed by atoms with E-state index in [1.54, 1.807) is 11.8 Å². The molecule has 0 aliphatic carbocycles. The number of guanidine groups is 1. The van der Waals surface area contributed by atoms with Gasteiger partial charge in [0.15, 0.2) is 5.96 Å². The van der Waals surface area contributed by atoms with Gasteiger partial charge >= 0.3 is 0 Å². The van der Waals surface area contributed by atoms with E-state index in [1.807, 2.05) is 6.26 Å². The molecule has 0 aromatic carbocycles. The number of aliphatic imine (C=N–C) groups is 1. The summed E-state index contributed by atoms with van der Waals surface area (Å²) in [6.45, 7) is 0.412. The first-order chi connectivity index (χ1) is 9.38. The van der Waals surface area contributed by atoms with E-state index in [9.17, 15) is 9.59 Å². The quantitative estimate of drug-likeness (QED) is 0.180. The third-order valence-electron chi connectivity index (χ3n) is 2.57. The second kappa shape index (κ2) is 10.3. The van der Waals surface area contributed by atoms with Crippen molar-refractivity contribution in [1.82, 2.24) is 5.32 Å². The van der Waals surface area contributed by atoms with Crippen LogP contribution in [0.2, 0.25) is 0 Å². The smallest absolute Gasteiger partial charge is 0.240 e. The van der Waals surface area contributed by atoms with Crippen molar-refractivity contribution in [1.29, 1.82) is 0 Å². The number of hydrogen-bond acceptors (Lipinski definition) is 5. The zero-order chi connectivity index (χ0) is 15.5. The van der Waals surface area contributed by atoms with Crippen molar-refractivity contribution in [2.45, 2.75) is 31.3 Å². The highest BCUT2D eigenvalue weighted by Crippen LogP contribution is 2.02. The van der Waals surface area contributed by atoms with E-state index in [0.29, 0.717) is 25.8 Å². The molecule has 0 aliphatic heterocycles. The molecule has 20 heavy (non-hydrogen) atoms. The summed E-state index contributed by atoms with van der Waals surface area (Å²) < 4.78 is 0. The van der Waals surface area contributed by atoms with Crippen LogP contribution in [0.25, 0.3) is 0 Å². The number of amides is 2. The molecule has 0 spiro atoms. The molecule has 116 valence electrons. The van der Waals surface area contributed by atoms with E-state index in [1.165, 1.54) is 0 Å². The van der Waals surface area contributed by atoms with Crippen LogP contribution in [0.1, 0.15) is 19.3 Å². The van der Waals surface area contributed by atoms with Gasteiger partial charge in [-0.1, -0.05) is 0 Å². The Kier molecular flexibility index (Phi) is 9.56. The first-order valence-electron chi connectivity index (χ1n) is 6.28. The molecular formula is C11H24N6O2S. The van der Waals surface area contributed by atoms with Crippen molar-refractivity contribution in [3.05, 3.63) is 0 Å².